The van der Waals surface area contributed by atoms with Crippen LogP contribution in [0.15, 0.2) is 29.3 Å². The van der Waals surface area contributed by atoms with Gasteiger partial charge < -0.3 is 15.1 Å². The summed E-state index contributed by atoms with van der Waals surface area (Å²) in [6.45, 7) is 2.29. The standard InChI is InChI=1S/C18H25ClF3N5O/c1-23-17(24-11-16(28)25(2)13-18(20,21)22)27-8-6-26(7-9-27)12-14-4-3-5-15(19)10-14/h3-5,10H,6-9,11-13H2,1-2H3,(H,23,24). The van der Waals surface area contributed by atoms with Crippen LogP contribution in [0.25, 0.3) is 0 Å². The molecule has 1 saturated heterocycles. The molecule has 0 unspecified atom stereocenters. The Morgan fingerprint density at radius 1 is 1.29 bits per heavy atom. The Morgan fingerprint density at radius 3 is 2.54 bits per heavy atom. The van der Waals surface area contributed by atoms with Crippen LogP contribution in [0.3, 0.4) is 0 Å². The van der Waals surface area contributed by atoms with Crippen molar-refractivity contribution < 1.29 is 18.0 Å². The zero-order chi connectivity index (χ0) is 20.7. The van der Waals surface area contributed by atoms with E-state index in [1.807, 2.05) is 29.2 Å². The maximum atomic E-state index is 12.4. The minimum absolute atomic E-state index is 0.234. The number of hydrogen-bond donors (Lipinski definition) is 1. The topological polar surface area (TPSA) is 51.2 Å². The minimum atomic E-state index is -4.41. The Kier molecular flexibility index (Phi) is 7.94. The number of hydrogen-bond acceptors (Lipinski definition) is 3. The Bertz CT molecular complexity index is 690. The van der Waals surface area contributed by atoms with Gasteiger partial charge in [-0.15, -0.1) is 0 Å². The first-order valence-electron chi connectivity index (χ1n) is 8.91. The van der Waals surface area contributed by atoms with Gasteiger partial charge in [0.25, 0.3) is 0 Å². The maximum absolute atomic E-state index is 12.4. The van der Waals surface area contributed by atoms with Crippen LogP contribution in [-0.2, 0) is 11.3 Å². The summed E-state index contributed by atoms with van der Waals surface area (Å²) in [6.07, 6.45) is -4.41. The van der Waals surface area contributed by atoms with E-state index in [-0.39, 0.29) is 6.54 Å². The van der Waals surface area contributed by atoms with Crippen molar-refractivity contribution in [2.45, 2.75) is 12.7 Å². The highest BCUT2D eigenvalue weighted by atomic mass is 35.5. The fourth-order valence-corrected chi connectivity index (χ4v) is 3.20. The first-order valence-corrected chi connectivity index (χ1v) is 9.29. The number of likely N-dealkylation sites (N-methyl/N-ethyl adjacent to an activating group) is 1. The molecule has 0 atom stereocenters. The summed E-state index contributed by atoms with van der Waals surface area (Å²) in [7, 11) is 2.72. The van der Waals surface area contributed by atoms with Crippen LogP contribution in [0.1, 0.15) is 5.56 Å². The summed E-state index contributed by atoms with van der Waals surface area (Å²) in [5.41, 5.74) is 1.14. The number of halogens is 4. The van der Waals surface area contributed by atoms with E-state index in [0.717, 1.165) is 32.2 Å². The summed E-state index contributed by atoms with van der Waals surface area (Å²) in [6, 6.07) is 7.73. The molecule has 1 N–H and O–H groups in total. The monoisotopic (exact) mass is 419 g/mol. The number of guanidine groups is 1. The van der Waals surface area contributed by atoms with E-state index in [1.165, 1.54) is 0 Å². The van der Waals surface area contributed by atoms with Gasteiger partial charge in [0.05, 0.1) is 6.54 Å². The van der Waals surface area contributed by atoms with Crippen molar-refractivity contribution in [2.24, 2.45) is 4.99 Å². The third-order valence-corrected chi connectivity index (χ3v) is 4.65. The maximum Gasteiger partial charge on any atom is 0.406 e. The molecule has 1 aromatic carbocycles. The summed E-state index contributed by atoms with van der Waals surface area (Å²) in [5.74, 6) is -0.130. The second kappa shape index (κ2) is 9.97. The molecule has 1 heterocycles. The van der Waals surface area contributed by atoms with Crippen molar-refractivity contribution >= 4 is 23.5 Å². The predicted molar refractivity (Wildman–Crippen MR) is 103 cm³/mol. The largest absolute Gasteiger partial charge is 0.406 e. The predicted octanol–water partition coefficient (Wildman–Crippen LogP) is 2.05. The summed E-state index contributed by atoms with van der Waals surface area (Å²) in [5, 5.41) is 3.57. The van der Waals surface area contributed by atoms with E-state index in [9.17, 15) is 18.0 Å². The Morgan fingerprint density at radius 2 is 1.96 bits per heavy atom. The van der Waals surface area contributed by atoms with Crippen LogP contribution >= 0.6 is 11.6 Å². The van der Waals surface area contributed by atoms with E-state index >= 15 is 0 Å². The van der Waals surface area contributed by atoms with Crippen LogP contribution in [0.4, 0.5) is 13.2 Å². The molecule has 156 valence electrons. The molecule has 1 aliphatic rings. The molecule has 6 nitrogen and oxygen atoms in total. The smallest absolute Gasteiger partial charge is 0.347 e. The zero-order valence-corrected chi connectivity index (χ0v) is 16.7. The molecule has 1 aliphatic heterocycles. The average Bonchev–Trinajstić information content (AvgIpc) is 2.62. The van der Waals surface area contributed by atoms with Crippen LogP contribution in [0, 0.1) is 0 Å². The fraction of sp³-hybridized carbons (Fsp3) is 0.556. The normalized spacial score (nSPS) is 16.2. The van der Waals surface area contributed by atoms with E-state index in [2.05, 4.69) is 15.2 Å². The molecule has 1 aromatic rings. The van der Waals surface area contributed by atoms with Crippen molar-refractivity contribution in [1.29, 1.82) is 0 Å². The van der Waals surface area contributed by atoms with Gasteiger partial charge in [-0.25, -0.2) is 0 Å². The van der Waals surface area contributed by atoms with Gasteiger partial charge in [0.1, 0.15) is 6.54 Å². The van der Waals surface area contributed by atoms with Crippen molar-refractivity contribution in [3.05, 3.63) is 34.9 Å². The van der Waals surface area contributed by atoms with Crippen LogP contribution < -0.4 is 5.32 Å². The lowest BCUT2D eigenvalue weighted by atomic mass is 10.2. The fourth-order valence-electron chi connectivity index (χ4n) is 2.99. The Hall–Kier alpha value is -2.00. The number of nitrogens with zero attached hydrogens (tertiary/aromatic N) is 4. The van der Waals surface area contributed by atoms with Crippen LogP contribution in [-0.4, -0.2) is 86.1 Å². The Balaban J connectivity index is 1.79. The van der Waals surface area contributed by atoms with Crippen molar-refractivity contribution in [3.63, 3.8) is 0 Å². The number of carbonyl (C=O) groups excluding carboxylic acids is 1. The molecule has 28 heavy (non-hydrogen) atoms. The Labute approximate surface area is 167 Å². The molecular formula is C18H25ClF3N5O. The third kappa shape index (κ3) is 7.20. The molecule has 10 heteroatoms. The number of piperazine rings is 1. The highest BCUT2D eigenvalue weighted by molar-refractivity contribution is 6.30. The summed E-state index contributed by atoms with van der Waals surface area (Å²) >= 11 is 6.02. The summed E-state index contributed by atoms with van der Waals surface area (Å²) < 4.78 is 37.1. The SMILES string of the molecule is CN=C(NCC(=O)N(C)CC(F)(F)F)N1CCN(Cc2cccc(Cl)c2)CC1. The second-order valence-electron chi connectivity index (χ2n) is 6.66. The average molecular weight is 420 g/mol. The number of amides is 1. The van der Waals surface area contributed by atoms with Gasteiger partial charge >= 0.3 is 6.18 Å². The number of benzene rings is 1. The van der Waals surface area contributed by atoms with Gasteiger partial charge in [-0.2, -0.15) is 13.2 Å². The van der Waals surface area contributed by atoms with Gasteiger partial charge in [0.2, 0.25) is 5.91 Å². The minimum Gasteiger partial charge on any atom is -0.347 e. The van der Waals surface area contributed by atoms with Crippen molar-refractivity contribution in [1.82, 2.24) is 20.0 Å². The molecule has 1 fully saturated rings. The molecule has 1 amide bonds. The zero-order valence-electron chi connectivity index (χ0n) is 16.0. The molecule has 0 saturated carbocycles. The van der Waals surface area contributed by atoms with Crippen molar-refractivity contribution in [2.75, 3.05) is 53.4 Å². The molecule has 0 spiro atoms. The van der Waals surface area contributed by atoms with Gasteiger partial charge in [0.15, 0.2) is 5.96 Å². The van der Waals surface area contributed by atoms with Gasteiger partial charge in [0, 0.05) is 51.8 Å². The van der Waals surface area contributed by atoms with E-state index in [1.54, 1.807) is 7.05 Å². The third-order valence-electron chi connectivity index (χ3n) is 4.42. The van der Waals surface area contributed by atoms with Gasteiger partial charge in [-0.05, 0) is 17.7 Å². The number of alkyl halides is 3. The number of carbonyl (C=O) groups is 1. The lowest BCUT2D eigenvalue weighted by molar-refractivity contribution is -0.157. The summed E-state index contributed by atoms with van der Waals surface area (Å²) in [4.78, 5) is 21.0. The number of nitrogens with one attached hydrogen (secondary N) is 1. The number of rotatable bonds is 5. The molecule has 0 aromatic heterocycles. The van der Waals surface area contributed by atoms with E-state index in [4.69, 9.17) is 11.6 Å². The van der Waals surface area contributed by atoms with Crippen molar-refractivity contribution in [3.8, 4) is 0 Å². The highest BCUT2D eigenvalue weighted by Gasteiger charge is 2.31. The van der Waals surface area contributed by atoms with Gasteiger partial charge in [-0.1, -0.05) is 23.7 Å². The molecule has 0 radical (unpaired) electrons. The lowest BCUT2D eigenvalue weighted by Crippen LogP contribution is -2.53. The van der Waals surface area contributed by atoms with Gasteiger partial charge in [-0.3, -0.25) is 14.7 Å². The lowest BCUT2D eigenvalue weighted by Gasteiger charge is -2.36. The first-order chi connectivity index (χ1) is 13.2. The number of aliphatic imine (C=N–C) groups is 1. The highest BCUT2D eigenvalue weighted by Crippen LogP contribution is 2.16. The van der Waals surface area contributed by atoms with E-state index < -0.39 is 18.6 Å². The molecule has 0 bridgehead atoms. The van der Waals surface area contributed by atoms with Crippen LogP contribution in [0.2, 0.25) is 5.02 Å². The molecule has 0 aliphatic carbocycles. The van der Waals surface area contributed by atoms with E-state index in [0.29, 0.717) is 29.0 Å². The quantitative estimate of drug-likeness (QED) is 0.586. The first kappa shape index (κ1) is 22.3. The molecule has 2 rings (SSSR count). The second-order valence-corrected chi connectivity index (χ2v) is 7.10. The molecular weight excluding hydrogens is 395 g/mol. The van der Waals surface area contributed by atoms with Crippen LogP contribution in [0.5, 0.6) is 0 Å².